The molecule has 2 aromatic rings. The molecule has 0 fully saturated rings. The Labute approximate surface area is 123 Å². The van der Waals surface area contributed by atoms with Crippen molar-refractivity contribution in [1.29, 1.82) is 0 Å². The number of carbonyl (C=O) groups is 1. The topological polar surface area (TPSA) is 82.2 Å². The number of para-hydroxylation sites is 1. The Hall–Kier alpha value is -2.76. The molecule has 0 saturated heterocycles. The van der Waals surface area contributed by atoms with Gasteiger partial charge in [-0.05, 0) is 6.07 Å². The zero-order valence-corrected chi connectivity index (χ0v) is 11.7. The lowest BCUT2D eigenvalue weighted by molar-refractivity contribution is -0.118. The second kappa shape index (κ2) is 7.14. The second-order valence-electron chi connectivity index (χ2n) is 4.45. The fraction of sp³-hybridized carbons (Fsp3) is 0.200. The van der Waals surface area contributed by atoms with Crippen LogP contribution in [0.3, 0.4) is 0 Å². The van der Waals surface area contributed by atoms with Gasteiger partial charge in [0.1, 0.15) is 18.9 Å². The molecule has 0 aliphatic carbocycles. The molecule has 6 heteroatoms. The molecule has 0 radical (unpaired) electrons. The smallest absolute Gasteiger partial charge is 0.239 e. The lowest BCUT2D eigenvalue weighted by Gasteiger charge is -2.10. The Morgan fingerprint density at radius 2 is 2.29 bits per heavy atom. The van der Waals surface area contributed by atoms with Crippen molar-refractivity contribution in [3.8, 4) is 5.75 Å². The van der Waals surface area contributed by atoms with Gasteiger partial charge < -0.3 is 15.8 Å². The third kappa shape index (κ3) is 4.38. The average Bonchev–Trinajstić information content (AvgIpc) is 2.90. The summed E-state index contributed by atoms with van der Waals surface area (Å²) in [7, 11) is 0. The van der Waals surface area contributed by atoms with Crippen LogP contribution in [0.2, 0.25) is 0 Å². The molecule has 3 N–H and O–H groups in total. The summed E-state index contributed by atoms with van der Waals surface area (Å²) in [5, 5.41) is 7.28. The van der Waals surface area contributed by atoms with Crippen LogP contribution in [0.1, 0.15) is 5.56 Å². The fourth-order valence-corrected chi connectivity index (χ4v) is 1.84. The van der Waals surface area contributed by atoms with Gasteiger partial charge in [0, 0.05) is 18.3 Å². The van der Waals surface area contributed by atoms with E-state index in [1.165, 1.54) is 4.68 Å². The van der Waals surface area contributed by atoms with E-state index in [1.54, 1.807) is 18.5 Å². The number of anilines is 1. The molecule has 6 nitrogen and oxygen atoms in total. The summed E-state index contributed by atoms with van der Waals surface area (Å²) in [6.07, 6.45) is 5.09. The maximum Gasteiger partial charge on any atom is 0.239 e. The van der Waals surface area contributed by atoms with Gasteiger partial charge in [-0.15, -0.1) is 0 Å². The van der Waals surface area contributed by atoms with Gasteiger partial charge in [0.25, 0.3) is 0 Å². The third-order valence-corrected chi connectivity index (χ3v) is 2.76. The molecular formula is C15H18N4O2. The minimum atomic E-state index is -0.423. The summed E-state index contributed by atoms with van der Waals surface area (Å²) in [5.74, 6) is 0.391. The molecule has 0 aliphatic heterocycles. The molecule has 1 aromatic carbocycles. The van der Waals surface area contributed by atoms with Gasteiger partial charge in [0.05, 0.1) is 11.9 Å². The summed E-state index contributed by atoms with van der Waals surface area (Å²) in [6.45, 7) is 4.76. The lowest BCUT2D eigenvalue weighted by atomic mass is 10.2. The summed E-state index contributed by atoms with van der Waals surface area (Å²) in [5.41, 5.74) is 6.96. The maximum atomic E-state index is 10.8. The molecule has 1 aromatic heterocycles. The third-order valence-electron chi connectivity index (χ3n) is 2.76. The van der Waals surface area contributed by atoms with E-state index < -0.39 is 5.91 Å². The van der Waals surface area contributed by atoms with E-state index >= 15 is 0 Å². The van der Waals surface area contributed by atoms with Crippen LogP contribution in [0, 0.1) is 0 Å². The number of primary amides is 1. The second-order valence-corrected chi connectivity index (χ2v) is 4.45. The molecule has 0 bridgehead atoms. The highest BCUT2D eigenvalue weighted by Crippen LogP contribution is 2.19. The standard InChI is InChI=1S/C15H18N4O2/c1-2-7-21-14-6-4-3-5-12(14)8-17-13-9-18-19(10-13)11-15(16)20/h2-6,9-10,17H,1,7-8,11H2,(H2,16,20). The summed E-state index contributed by atoms with van der Waals surface area (Å²) >= 11 is 0. The number of aromatic nitrogens is 2. The molecule has 0 atom stereocenters. The fourth-order valence-electron chi connectivity index (χ4n) is 1.84. The number of amides is 1. The predicted octanol–water partition coefficient (Wildman–Crippen LogP) is 1.55. The van der Waals surface area contributed by atoms with E-state index in [2.05, 4.69) is 17.0 Å². The summed E-state index contributed by atoms with van der Waals surface area (Å²) in [6, 6.07) is 7.78. The van der Waals surface area contributed by atoms with Crippen molar-refractivity contribution in [3.63, 3.8) is 0 Å². The molecule has 0 spiro atoms. The zero-order valence-electron chi connectivity index (χ0n) is 11.7. The largest absolute Gasteiger partial charge is 0.489 e. The zero-order chi connectivity index (χ0) is 15.1. The van der Waals surface area contributed by atoms with Crippen LogP contribution >= 0.6 is 0 Å². The first-order chi connectivity index (χ1) is 10.2. The molecule has 0 unspecified atom stereocenters. The molecule has 1 amide bonds. The van der Waals surface area contributed by atoms with Gasteiger partial charge in [-0.3, -0.25) is 9.48 Å². The SMILES string of the molecule is C=CCOc1ccccc1CNc1cnn(CC(N)=O)c1. The molecule has 110 valence electrons. The normalized spacial score (nSPS) is 10.1. The first-order valence-electron chi connectivity index (χ1n) is 6.55. The van der Waals surface area contributed by atoms with E-state index in [1.807, 2.05) is 24.3 Å². The molecule has 0 aliphatic rings. The molecule has 21 heavy (non-hydrogen) atoms. The van der Waals surface area contributed by atoms with E-state index in [0.717, 1.165) is 17.0 Å². The molecular weight excluding hydrogens is 268 g/mol. The van der Waals surface area contributed by atoms with Crippen molar-refractivity contribution in [2.24, 2.45) is 5.73 Å². The van der Waals surface area contributed by atoms with E-state index in [-0.39, 0.29) is 6.54 Å². The van der Waals surface area contributed by atoms with Crippen LogP contribution in [0.4, 0.5) is 5.69 Å². The summed E-state index contributed by atoms with van der Waals surface area (Å²) in [4.78, 5) is 10.8. The lowest BCUT2D eigenvalue weighted by Crippen LogP contribution is -2.18. The van der Waals surface area contributed by atoms with Gasteiger partial charge in [-0.1, -0.05) is 30.9 Å². The highest BCUT2D eigenvalue weighted by atomic mass is 16.5. The van der Waals surface area contributed by atoms with Crippen LogP contribution in [0.25, 0.3) is 0 Å². The average molecular weight is 286 g/mol. The van der Waals surface area contributed by atoms with Crippen LogP contribution in [-0.2, 0) is 17.9 Å². The minimum absolute atomic E-state index is 0.0702. The van der Waals surface area contributed by atoms with Gasteiger partial charge in [-0.25, -0.2) is 0 Å². The van der Waals surface area contributed by atoms with Crippen molar-refractivity contribution < 1.29 is 9.53 Å². The van der Waals surface area contributed by atoms with E-state index in [0.29, 0.717) is 13.2 Å². The van der Waals surface area contributed by atoms with E-state index in [4.69, 9.17) is 10.5 Å². The number of benzene rings is 1. The van der Waals surface area contributed by atoms with Crippen LogP contribution in [0.5, 0.6) is 5.75 Å². The Bertz CT molecular complexity index is 622. The number of rotatable bonds is 8. The minimum Gasteiger partial charge on any atom is -0.489 e. The van der Waals surface area contributed by atoms with Crippen molar-refractivity contribution in [1.82, 2.24) is 9.78 Å². The number of carbonyl (C=O) groups excluding carboxylic acids is 1. The Morgan fingerprint density at radius 3 is 3.05 bits per heavy atom. The van der Waals surface area contributed by atoms with Crippen molar-refractivity contribution >= 4 is 11.6 Å². The number of ether oxygens (including phenoxy) is 1. The van der Waals surface area contributed by atoms with Crippen LogP contribution < -0.4 is 15.8 Å². The Kier molecular flexibility index (Phi) is 4.98. The molecule has 0 saturated carbocycles. The van der Waals surface area contributed by atoms with Crippen molar-refractivity contribution in [2.75, 3.05) is 11.9 Å². The van der Waals surface area contributed by atoms with Crippen LogP contribution in [0.15, 0.2) is 49.3 Å². The maximum absolute atomic E-state index is 10.8. The van der Waals surface area contributed by atoms with Gasteiger partial charge in [0.2, 0.25) is 5.91 Å². The first kappa shape index (κ1) is 14.6. The van der Waals surface area contributed by atoms with E-state index in [9.17, 15) is 4.79 Å². The van der Waals surface area contributed by atoms with Gasteiger partial charge >= 0.3 is 0 Å². The number of hydrogen-bond acceptors (Lipinski definition) is 4. The van der Waals surface area contributed by atoms with Gasteiger partial charge in [0.15, 0.2) is 0 Å². The molecule has 2 rings (SSSR count). The number of nitrogens with zero attached hydrogens (tertiary/aromatic N) is 2. The Balaban J connectivity index is 1.97. The quantitative estimate of drug-likeness (QED) is 0.721. The number of hydrogen-bond donors (Lipinski definition) is 2. The highest BCUT2D eigenvalue weighted by molar-refractivity contribution is 5.73. The molecule has 1 heterocycles. The summed E-state index contributed by atoms with van der Waals surface area (Å²) < 4.78 is 7.08. The monoisotopic (exact) mass is 286 g/mol. The predicted molar refractivity (Wildman–Crippen MR) is 80.9 cm³/mol. The van der Waals surface area contributed by atoms with Crippen molar-refractivity contribution in [2.45, 2.75) is 13.1 Å². The van der Waals surface area contributed by atoms with Gasteiger partial charge in [-0.2, -0.15) is 5.10 Å². The van der Waals surface area contributed by atoms with Crippen LogP contribution in [-0.4, -0.2) is 22.3 Å². The van der Waals surface area contributed by atoms with Crippen molar-refractivity contribution in [3.05, 3.63) is 54.9 Å². The highest BCUT2D eigenvalue weighted by Gasteiger charge is 2.04. The first-order valence-corrected chi connectivity index (χ1v) is 6.55. The Morgan fingerprint density at radius 1 is 1.48 bits per heavy atom. The number of nitrogens with two attached hydrogens (primary N) is 1. The number of nitrogens with one attached hydrogen (secondary N) is 1.